The molecular weight excluding hydrogens is 530 g/mol. The second-order valence-corrected chi connectivity index (χ2v) is 10.2. The summed E-state index contributed by atoms with van der Waals surface area (Å²) in [6, 6.07) is 7.37. The maximum atomic E-state index is 15.1. The normalized spacial score (nSPS) is 25.3. The van der Waals surface area contributed by atoms with Gasteiger partial charge in [-0.1, -0.05) is 23.3 Å². The van der Waals surface area contributed by atoms with Gasteiger partial charge in [-0.3, -0.25) is 23.7 Å². The molecule has 1 aliphatic rings. The number of rotatable bonds is 11. The third kappa shape index (κ3) is 6.67. The van der Waals surface area contributed by atoms with Gasteiger partial charge in [0.15, 0.2) is 12.4 Å². The molecule has 38 heavy (non-hydrogen) atoms. The number of aliphatic hydroxyl groups is 1. The van der Waals surface area contributed by atoms with Crippen LogP contribution in [0, 0.1) is 0 Å². The highest BCUT2D eigenvalue weighted by Gasteiger charge is 2.57. The number of nitrogens with one attached hydrogen (secondary N) is 2. The molecule has 0 radical (unpaired) electrons. The van der Waals surface area contributed by atoms with Gasteiger partial charge in [0.25, 0.3) is 5.56 Å². The Hall–Kier alpha value is -3.52. The molecule has 1 aromatic carbocycles. The van der Waals surface area contributed by atoms with E-state index in [0.717, 1.165) is 12.3 Å². The van der Waals surface area contributed by atoms with E-state index in [0.29, 0.717) is 4.57 Å². The summed E-state index contributed by atoms with van der Waals surface area (Å²) in [5.41, 5.74) is 4.75. The minimum Gasteiger partial charge on any atom is -0.462 e. The van der Waals surface area contributed by atoms with Crippen molar-refractivity contribution in [1.29, 1.82) is 0 Å². The Morgan fingerprint density at radius 3 is 2.63 bits per heavy atom. The van der Waals surface area contributed by atoms with Crippen LogP contribution >= 0.6 is 7.75 Å². The van der Waals surface area contributed by atoms with Crippen LogP contribution in [0.25, 0.3) is 10.4 Å². The first-order chi connectivity index (χ1) is 17.9. The molecule has 17 heteroatoms. The minimum atomic E-state index is -4.53. The molecule has 206 valence electrons. The van der Waals surface area contributed by atoms with Crippen molar-refractivity contribution in [1.82, 2.24) is 14.6 Å². The van der Waals surface area contributed by atoms with Gasteiger partial charge >= 0.3 is 19.4 Å². The quantitative estimate of drug-likeness (QED) is 0.120. The summed E-state index contributed by atoms with van der Waals surface area (Å²) in [6.45, 7) is 3.51. The molecule has 2 heterocycles. The summed E-state index contributed by atoms with van der Waals surface area (Å²) >= 11 is 0. The number of carbonyl (C=O) groups is 1. The van der Waals surface area contributed by atoms with Crippen molar-refractivity contribution in [2.24, 2.45) is 5.11 Å². The summed E-state index contributed by atoms with van der Waals surface area (Å²) in [4.78, 5) is 40.3. The van der Waals surface area contributed by atoms with Crippen LogP contribution in [0.5, 0.6) is 5.75 Å². The lowest BCUT2D eigenvalue weighted by molar-refractivity contribution is -0.149. The first kappa shape index (κ1) is 29.0. The monoisotopic (exact) mass is 556 g/mol. The highest BCUT2D eigenvalue weighted by molar-refractivity contribution is 7.52. The number of aliphatic hydroxyl groups excluding tert-OH is 1. The maximum Gasteiger partial charge on any atom is 0.459 e. The Bertz CT molecular complexity index is 1350. The Kier molecular flexibility index (Phi) is 9.09. The molecule has 1 unspecified atom stereocenters. The van der Waals surface area contributed by atoms with Crippen LogP contribution in [0.15, 0.2) is 57.3 Å². The molecule has 0 amide bonds. The van der Waals surface area contributed by atoms with Crippen LogP contribution in [0.1, 0.15) is 27.0 Å². The lowest BCUT2D eigenvalue weighted by atomic mass is 10.1. The lowest BCUT2D eigenvalue weighted by Gasteiger charge is -2.29. The van der Waals surface area contributed by atoms with Gasteiger partial charge in [0.2, 0.25) is 5.72 Å². The number of halogens is 1. The number of aromatic nitrogens is 2. The van der Waals surface area contributed by atoms with E-state index in [9.17, 15) is 24.1 Å². The Balaban J connectivity index is 1.91. The number of ether oxygens (including phenoxy) is 2. The number of aromatic amines is 1. The van der Waals surface area contributed by atoms with Gasteiger partial charge in [-0.05, 0) is 38.4 Å². The zero-order chi connectivity index (χ0) is 28.1. The number of esters is 1. The van der Waals surface area contributed by atoms with Crippen LogP contribution in [-0.2, 0) is 23.4 Å². The van der Waals surface area contributed by atoms with E-state index < -0.39 is 67.9 Å². The Labute approximate surface area is 214 Å². The van der Waals surface area contributed by atoms with Crippen molar-refractivity contribution in [2.75, 3.05) is 6.61 Å². The molecule has 3 N–H and O–H groups in total. The molecule has 0 saturated carbocycles. The van der Waals surface area contributed by atoms with E-state index >= 15 is 4.39 Å². The van der Waals surface area contributed by atoms with E-state index in [1.807, 2.05) is 4.98 Å². The van der Waals surface area contributed by atoms with Gasteiger partial charge in [-0.2, -0.15) is 5.09 Å². The first-order valence-corrected chi connectivity index (χ1v) is 12.8. The number of para-hydroxylation sites is 1. The Morgan fingerprint density at radius 1 is 1.34 bits per heavy atom. The molecule has 3 rings (SSSR count). The molecule has 0 aliphatic carbocycles. The number of hydrogen-bond acceptors (Lipinski definition) is 10. The SMILES string of the molecule is CC(C)OC(=O)[C@H](C)NP(=O)(OC[C@@]1(N=[N+]=[N-])O[C@@H](n2ccc(=O)[nH]c2=O)[C@@H](F)[C@@H]1O)Oc1ccccc1. The number of carbonyl (C=O) groups excluding carboxylic acids is 1. The molecule has 0 spiro atoms. The highest BCUT2D eigenvalue weighted by atomic mass is 31.2. The number of azide groups is 1. The van der Waals surface area contributed by atoms with Crippen molar-refractivity contribution in [3.05, 3.63) is 73.9 Å². The first-order valence-electron chi connectivity index (χ1n) is 11.2. The summed E-state index contributed by atoms with van der Waals surface area (Å²) in [6.07, 6.45) is -5.98. The van der Waals surface area contributed by atoms with Crippen LogP contribution < -0.4 is 20.9 Å². The molecule has 1 fully saturated rings. The van der Waals surface area contributed by atoms with E-state index in [-0.39, 0.29) is 5.75 Å². The van der Waals surface area contributed by atoms with Gasteiger partial charge in [-0.15, -0.1) is 0 Å². The second kappa shape index (κ2) is 11.9. The number of hydrogen-bond donors (Lipinski definition) is 3. The fourth-order valence-electron chi connectivity index (χ4n) is 3.40. The maximum absolute atomic E-state index is 15.1. The topological polar surface area (TPSA) is 207 Å². The third-order valence-electron chi connectivity index (χ3n) is 5.17. The van der Waals surface area contributed by atoms with E-state index in [1.165, 1.54) is 19.1 Å². The Morgan fingerprint density at radius 2 is 2.03 bits per heavy atom. The van der Waals surface area contributed by atoms with Crippen molar-refractivity contribution in [2.45, 2.75) is 57.1 Å². The number of H-pyrrole nitrogens is 1. The van der Waals surface area contributed by atoms with Crippen LogP contribution in [0.2, 0.25) is 0 Å². The van der Waals surface area contributed by atoms with E-state index in [2.05, 4.69) is 15.1 Å². The minimum absolute atomic E-state index is 0.0551. The molecule has 2 aromatic rings. The predicted molar refractivity (Wildman–Crippen MR) is 129 cm³/mol. The predicted octanol–water partition coefficient (Wildman–Crippen LogP) is 1.90. The fourth-order valence-corrected chi connectivity index (χ4v) is 4.92. The molecule has 1 saturated heterocycles. The number of benzene rings is 1. The summed E-state index contributed by atoms with van der Waals surface area (Å²) in [5, 5.41) is 16.3. The van der Waals surface area contributed by atoms with Crippen LogP contribution in [-0.4, -0.2) is 57.4 Å². The summed E-state index contributed by atoms with van der Waals surface area (Å²) in [5.74, 6) is -0.733. The molecule has 1 aliphatic heterocycles. The zero-order valence-electron chi connectivity index (χ0n) is 20.5. The van der Waals surface area contributed by atoms with Crippen molar-refractivity contribution in [3.8, 4) is 5.75 Å². The fraction of sp³-hybridized carbons (Fsp3) is 0.476. The summed E-state index contributed by atoms with van der Waals surface area (Å²) in [7, 11) is -4.53. The largest absolute Gasteiger partial charge is 0.462 e. The number of nitrogens with zero attached hydrogens (tertiary/aromatic N) is 4. The average molecular weight is 556 g/mol. The van der Waals surface area contributed by atoms with Gasteiger partial charge in [0, 0.05) is 17.2 Å². The van der Waals surface area contributed by atoms with Gasteiger partial charge in [0.1, 0.15) is 17.9 Å². The third-order valence-corrected chi connectivity index (χ3v) is 6.79. The molecule has 6 atom stereocenters. The van der Waals surface area contributed by atoms with E-state index in [1.54, 1.807) is 32.0 Å². The van der Waals surface area contributed by atoms with E-state index in [4.69, 9.17) is 24.1 Å². The lowest BCUT2D eigenvalue weighted by Crippen LogP contribution is -2.45. The summed E-state index contributed by atoms with van der Waals surface area (Å²) < 4.78 is 50.9. The average Bonchev–Trinajstić information content (AvgIpc) is 3.09. The van der Waals surface area contributed by atoms with Crippen molar-refractivity contribution < 1.29 is 37.4 Å². The smallest absolute Gasteiger partial charge is 0.459 e. The molecule has 0 bridgehead atoms. The van der Waals surface area contributed by atoms with Crippen molar-refractivity contribution >= 4 is 13.7 Å². The van der Waals surface area contributed by atoms with Gasteiger partial charge in [-0.25, -0.2) is 13.8 Å². The van der Waals surface area contributed by atoms with Crippen LogP contribution in [0.4, 0.5) is 4.39 Å². The highest BCUT2D eigenvalue weighted by Crippen LogP contribution is 2.48. The van der Waals surface area contributed by atoms with Crippen LogP contribution in [0.3, 0.4) is 0 Å². The zero-order valence-corrected chi connectivity index (χ0v) is 21.4. The standard InChI is InChI=1S/C21H26FN6O9P/c1-12(2)35-19(31)13(3)25-38(33,37-14-7-5-4-6-8-14)34-11-21(26-27-23)17(30)16(22)18(36-21)28-10-9-15(29)24-20(28)32/h4-10,12-13,16-18,30H,11H2,1-3H3,(H,25,33)(H,24,29,32)/t13-,16-,17-,18+,21+,38?/m0/s1. The van der Waals surface area contributed by atoms with Crippen molar-refractivity contribution in [3.63, 3.8) is 0 Å². The second-order valence-electron chi connectivity index (χ2n) is 8.46. The van der Waals surface area contributed by atoms with Gasteiger partial charge < -0.3 is 19.1 Å². The van der Waals surface area contributed by atoms with Gasteiger partial charge in [0.05, 0.1) is 12.7 Å². The number of alkyl halides is 1. The molecular formula is C21H26FN6O9P. The molecule has 1 aromatic heterocycles. The molecule has 15 nitrogen and oxygen atoms in total.